The van der Waals surface area contributed by atoms with Gasteiger partial charge in [0.2, 0.25) is 17.8 Å². The van der Waals surface area contributed by atoms with Crippen molar-refractivity contribution in [2.75, 3.05) is 61.0 Å². The highest BCUT2D eigenvalue weighted by Crippen LogP contribution is 2.53. The van der Waals surface area contributed by atoms with E-state index in [4.69, 9.17) is 14.7 Å². The number of rotatable bonds is 8. The Labute approximate surface area is 232 Å². The summed E-state index contributed by atoms with van der Waals surface area (Å²) in [6, 6.07) is 10.7. The second-order valence-electron chi connectivity index (χ2n) is 10.6. The number of hydrogen-bond acceptors (Lipinski definition) is 11. The van der Waals surface area contributed by atoms with Gasteiger partial charge < -0.3 is 25.2 Å². The Balaban J connectivity index is 0.949. The van der Waals surface area contributed by atoms with Gasteiger partial charge in [-0.25, -0.2) is 19.9 Å². The Bertz CT molecular complexity index is 1410. The van der Waals surface area contributed by atoms with Crippen LogP contribution in [0.3, 0.4) is 0 Å². The second kappa shape index (κ2) is 10.8. The van der Waals surface area contributed by atoms with E-state index in [9.17, 15) is 0 Å². The van der Waals surface area contributed by atoms with Gasteiger partial charge in [-0.2, -0.15) is 10.1 Å². The molecule has 0 radical (unpaired) electrons. The van der Waals surface area contributed by atoms with Crippen LogP contribution >= 0.6 is 0 Å². The van der Waals surface area contributed by atoms with Crippen molar-refractivity contribution in [1.82, 2.24) is 40.0 Å². The molecule has 2 saturated heterocycles. The lowest BCUT2D eigenvalue weighted by atomic mass is 9.90. The number of aromatic nitrogens is 7. The minimum atomic E-state index is 0.0862. The van der Waals surface area contributed by atoms with Crippen molar-refractivity contribution in [3.63, 3.8) is 0 Å². The van der Waals surface area contributed by atoms with Gasteiger partial charge in [-0.05, 0) is 24.0 Å². The fourth-order valence-corrected chi connectivity index (χ4v) is 5.57. The van der Waals surface area contributed by atoms with Gasteiger partial charge in [0.1, 0.15) is 6.33 Å². The zero-order chi connectivity index (χ0) is 26.8. The number of ether oxygens (including phenoxy) is 1. The third kappa shape index (κ3) is 5.19. The maximum absolute atomic E-state index is 5.77. The summed E-state index contributed by atoms with van der Waals surface area (Å²) in [6.45, 7) is 6.29. The Hall–Kier alpha value is -4.16. The molecule has 2 N–H and O–H groups in total. The largest absolute Gasteiger partial charge is 0.374 e. The molecule has 12 nitrogen and oxygen atoms in total. The number of benzene rings is 1. The SMILES string of the molecule is c1ccc(C2(c3cnc(N4CCN(c5ncnc(Nc6cnn(C[C@@H]7CNCCO7)c6)n5)CC4)nc3)CC2)cc1. The second-order valence-corrected chi connectivity index (χ2v) is 10.6. The lowest BCUT2D eigenvalue weighted by Gasteiger charge is -2.34. The summed E-state index contributed by atoms with van der Waals surface area (Å²) in [6.07, 6.45) is 11.7. The van der Waals surface area contributed by atoms with Crippen molar-refractivity contribution in [3.8, 4) is 0 Å². The molecule has 7 rings (SSSR count). The number of nitrogens with zero attached hydrogens (tertiary/aromatic N) is 9. The zero-order valence-electron chi connectivity index (χ0n) is 22.4. The zero-order valence-corrected chi connectivity index (χ0v) is 22.4. The van der Waals surface area contributed by atoms with Gasteiger partial charge in [0.15, 0.2) is 0 Å². The minimum Gasteiger partial charge on any atom is -0.374 e. The van der Waals surface area contributed by atoms with Crippen LogP contribution in [0.5, 0.6) is 0 Å². The van der Waals surface area contributed by atoms with Gasteiger partial charge in [-0.1, -0.05) is 30.3 Å². The van der Waals surface area contributed by atoms with Crippen LogP contribution in [0.2, 0.25) is 0 Å². The molecule has 40 heavy (non-hydrogen) atoms. The standard InChI is InChI=1S/C28H33N11O/c1-2-4-21(5-3-1)28(6-7-28)22-14-30-26(31-15-22)37-9-11-38(12-10-37)27-33-20-32-25(36-27)35-23-16-34-39(18-23)19-24-17-29-8-13-40-24/h1-5,14-16,18,20,24,29H,6-13,17,19H2,(H,32,33,35,36)/t24-/m0/s1. The quantitative estimate of drug-likeness (QED) is 0.342. The van der Waals surface area contributed by atoms with E-state index >= 15 is 0 Å². The van der Waals surface area contributed by atoms with Crippen LogP contribution in [0.25, 0.3) is 0 Å². The van der Waals surface area contributed by atoms with Crippen LogP contribution in [0.4, 0.5) is 23.5 Å². The minimum absolute atomic E-state index is 0.0862. The van der Waals surface area contributed by atoms with Gasteiger partial charge in [0.05, 0.1) is 31.1 Å². The maximum atomic E-state index is 5.77. The maximum Gasteiger partial charge on any atom is 0.232 e. The molecular formula is C28H33N11O. The molecular weight excluding hydrogens is 506 g/mol. The fraction of sp³-hybridized carbons (Fsp3) is 0.429. The van der Waals surface area contributed by atoms with Crippen LogP contribution in [0, 0.1) is 0 Å². The molecule has 5 heterocycles. The molecule has 3 aliphatic rings. The first kappa shape index (κ1) is 24.9. The average molecular weight is 540 g/mol. The molecule has 2 aliphatic heterocycles. The van der Waals surface area contributed by atoms with Gasteiger partial charge >= 0.3 is 0 Å². The van der Waals surface area contributed by atoms with Crippen LogP contribution in [-0.2, 0) is 16.7 Å². The molecule has 1 saturated carbocycles. The third-order valence-electron chi connectivity index (χ3n) is 7.96. The van der Waals surface area contributed by atoms with Crippen LogP contribution in [0.15, 0.2) is 61.4 Å². The monoisotopic (exact) mass is 539 g/mol. The van der Waals surface area contributed by atoms with Gasteiger partial charge in [-0.15, -0.1) is 0 Å². The Kier molecular flexibility index (Phi) is 6.70. The number of morpholine rings is 1. The molecule has 1 aliphatic carbocycles. The first-order chi connectivity index (χ1) is 19.7. The van der Waals surface area contributed by atoms with E-state index < -0.39 is 0 Å². The van der Waals surface area contributed by atoms with E-state index in [2.05, 4.69) is 70.8 Å². The molecule has 0 amide bonds. The van der Waals surface area contributed by atoms with Crippen molar-refractivity contribution < 1.29 is 4.74 Å². The highest BCUT2D eigenvalue weighted by molar-refractivity contribution is 5.52. The number of piperazine rings is 1. The van der Waals surface area contributed by atoms with Crippen molar-refractivity contribution in [2.45, 2.75) is 30.9 Å². The Morgan fingerprint density at radius 1 is 0.900 bits per heavy atom. The number of anilines is 4. The van der Waals surface area contributed by atoms with E-state index in [1.807, 2.05) is 23.3 Å². The number of nitrogens with one attached hydrogen (secondary N) is 2. The van der Waals surface area contributed by atoms with Crippen LogP contribution in [0.1, 0.15) is 24.0 Å². The first-order valence-electron chi connectivity index (χ1n) is 13.9. The average Bonchev–Trinajstić information content (AvgIpc) is 3.73. The van der Waals surface area contributed by atoms with E-state index in [1.165, 1.54) is 11.1 Å². The summed E-state index contributed by atoms with van der Waals surface area (Å²) in [5, 5.41) is 11.0. The van der Waals surface area contributed by atoms with E-state index in [0.717, 1.165) is 70.4 Å². The summed E-state index contributed by atoms with van der Waals surface area (Å²) in [4.78, 5) is 27.3. The molecule has 1 aromatic carbocycles. The molecule has 0 spiro atoms. The molecule has 0 bridgehead atoms. The van der Waals surface area contributed by atoms with Crippen molar-refractivity contribution in [3.05, 3.63) is 72.6 Å². The highest BCUT2D eigenvalue weighted by Gasteiger charge is 2.46. The van der Waals surface area contributed by atoms with Crippen molar-refractivity contribution in [1.29, 1.82) is 0 Å². The fourth-order valence-electron chi connectivity index (χ4n) is 5.57. The van der Waals surface area contributed by atoms with Crippen molar-refractivity contribution >= 4 is 23.5 Å². The summed E-state index contributed by atoms with van der Waals surface area (Å²) >= 11 is 0. The predicted molar refractivity (Wildman–Crippen MR) is 151 cm³/mol. The molecule has 4 aromatic rings. The van der Waals surface area contributed by atoms with E-state index in [1.54, 1.807) is 12.5 Å². The molecule has 1 atom stereocenters. The highest BCUT2D eigenvalue weighted by atomic mass is 16.5. The summed E-state index contributed by atoms with van der Waals surface area (Å²) in [5.41, 5.74) is 3.47. The smallest absolute Gasteiger partial charge is 0.232 e. The van der Waals surface area contributed by atoms with Crippen molar-refractivity contribution in [2.24, 2.45) is 0 Å². The lowest BCUT2D eigenvalue weighted by molar-refractivity contribution is 0.0161. The Morgan fingerprint density at radius 2 is 1.68 bits per heavy atom. The topological polar surface area (TPSA) is 122 Å². The summed E-state index contributed by atoms with van der Waals surface area (Å²) in [5.74, 6) is 1.92. The predicted octanol–water partition coefficient (Wildman–Crippen LogP) is 2.00. The van der Waals surface area contributed by atoms with Gasteiger partial charge in [0, 0.05) is 63.3 Å². The van der Waals surface area contributed by atoms with Crippen LogP contribution < -0.4 is 20.4 Å². The summed E-state index contributed by atoms with van der Waals surface area (Å²) in [7, 11) is 0. The van der Waals surface area contributed by atoms with Gasteiger partial charge in [0.25, 0.3) is 0 Å². The normalized spacial score (nSPS) is 20.4. The first-order valence-corrected chi connectivity index (χ1v) is 13.9. The molecule has 0 unspecified atom stereocenters. The van der Waals surface area contributed by atoms with E-state index in [-0.39, 0.29) is 11.5 Å². The van der Waals surface area contributed by atoms with Gasteiger partial charge in [-0.3, -0.25) is 4.68 Å². The Morgan fingerprint density at radius 3 is 2.40 bits per heavy atom. The van der Waals surface area contributed by atoms with Crippen LogP contribution in [-0.4, -0.2) is 86.7 Å². The summed E-state index contributed by atoms with van der Waals surface area (Å²) < 4.78 is 7.65. The van der Waals surface area contributed by atoms with E-state index in [0.29, 0.717) is 18.4 Å². The molecule has 3 aromatic heterocycles. The lowest BCUT2D eigenvalue weighted by Crippen LogP contribution is -2.47. The molecule has 3 fully saturated rings. The molecule has 206 valence electrons. The third-order valence-corrected chi connectivity index (χ3v) is 7.96. The number of hydrogen-bond donors (Lipinski definition) is 2. The molecule has 12 heteroatoms.